The van der Waals surface area contributed by atoms with Gasteiger partial charge in [0.2, 0.25) is 0 Å². The van der Waals surface area contributed by atoms with Crippen molar-refractivity contribution in [2.75, 3.05) is 18.9 Å². The number of anilines is 1. The van der Waals surface area contributed by atoms with E-state index in [2.05, 4.69) is 4.98 Å². The first kappa shape index (κ1) is 4.07. The Kier molecular flexibility index (Phi) is 0.927. The van der Waals surface area contributed by atoms with Gasteiger partial charge in [0, 0.05) is 12.1 Å². The zero-order valence-electron chi connectivity index (χ0n) is 8.92. The predicted octanol–water partition coefficient (Wildman–Crippen LogP) is 0.778. The summed E-state index contributed by atoms with van der Waals surface area (Å²) in [7, 11) is 0. The second kappa shape index (κ2) is 2.51. The Morgan fingerprint density at radius 1 is 1.73 bits per heavy atom. The van der Waals surface area contributed by atoms with E-state index in [1.807, 2.05) is 0 Å². The topological polar surface area (TPSA) is 48.1 Å². The highest BCUT2D eigenvalue weighted by molar-refractivity contribution is 5.34. The van der Waals surface area contributed by atoms with Gasteiger partial charge in [-0.15, -0.1) is 0 Å². The summed E-state index contributed by atoms with van der Waals surface area (Å²) < 4.78 is 27.7. The van der Waals surface area contributed by atoms with Gasteiger partial charge in [-0.1, -0.05) is 0 Å². The van der Waals surface area contributed by atoms with E-state index in [9.17, 15) is 0 Å². The highest BCUT2D eigenvalue weighted by Gasteiger charge is 2.20. The highest BCUT2D eigenvalue weighted by Crippen LogP contribution is 2.23. The van der Waals surface area contributed by atoms with Crippen molar-refractivity contribution in [2.24, 2.45) is 0 Å². The van der Waals surface area contributed by atoms with Crippen LogP contribution in [0.15, 0.2) is 18.3 Å². The van der Waals surface area contributed by atoms with Gasteiger partial charge in [0.25, 0.3) is 0 Å². The van der Waals surface area contributed by atoms with Crippen molar-refractivity contribution in [1.82, 2.24) is 4.98 Å². The first-order valence-corrected chi connectivity index (χ1v) is 3.42. The summed E-state index contributed by atoms with van der Waals surface area (Å²) in [5.74, 6) is 0.0531. The first-order valence-electron chi connectivity index (χ1n) is 4.92. The normalized spacial score (nSPS) is 21.6. The van der Waals surface area contributed by atoms with E-state index in [0.717, 1.165) is 0 Å². The molecule has 3 nitrogen and oxygen atoms in total. The molecule has 0 atom stereocenters. The molecule has 0 spiro atoms. The van der Waals surface area contributed by atoms with E-state index in [1.165, 1.54) is 0 Å². The average molecular weight is 153 g/mol. The summed E-state index contributed by atoms with van der Waals surface area (Å²) in [6.45, 7) is 1.00. The van der Waals surface area contributed by atoms with Gasteiger partial charge in [0.05, 0.1) is 17.3 Å². The van der Waals surface area contributed by atoms with Crippen LogP contribution in [0.25, 0.3) is 0 Å². The number of nitrogen functional groups attached to an aromatic ring is 1. The van der Waals surface area contributed by atoms with Gasteiger partial charge in [-0.05, 0) is 17.6 Å². The van der Waals surface area contributed by atoms with E-state index in [1.54, 1.807) is 0 Å². The Labute approximate surface area is 69.4 Å². The Bertz CT molecular complexity index is 353. The monoisotopic (exact) mass is 153 g/mol. The molecule has 1 fully saturated rings. The van der Waals surface area contributed by atoms with E-state index in [4.69, 9.17) is 14.6 Å². The van der Waals surface area contributed by atoms with Crippen molar-refractivity contribution in [2.45, 2.75) is 5.92 Å². The van der Waals surface area contributed by atoms with Crippen LogP contribution in [0, 0.1) is 0 Å². The van der Waals surface area contributed by atoms with Crippen LogP contribution in [0.3, 0.4) is 0 Å². The molecule has 2 heterocycles. The lowest BCUT2D eigenvalue weighted by Gasteiger charge is -2.26. The second-order valence-electron chi connectivity index (χ2n) is 2.51. The maximum Gasteiger partial charge on any atom is 0.123 e. The third kappa shape index (κ3) is 1.19. The summed E-state index contributed by atoms with van der Waals surface area (Å²) >= 11 is 0. The number of hydrogen-bond acceptors (Lipinski definition) is 3. The van der Waals surface area contributed by atoms with Crippen molar-refractivity contribution >= 4 is 5.82 Å². The molecule has 58 valence electrons. The van der Waals surface area contributed by atoms with Crippen LogP contribution in [0.2, 0.25) is 0 Å². The standard InChI is InChI=1S/C8H10N2O/c9-8-3-6(1-2-10-8)7-4-11-5-7/h1-3,7H,4-5H2,(H2,9,10)/i1D,2D,3D. The number of hydrogen-bond donors (Lipinski definition) is 1. The van der Waals surface area contributed by atoms with Crippen LogP contribution < -0.4 is 5.73 Å². The van der Waals surface area contributed by atoms with Crippen LogP contribution in [0.4, 0.5) is 5.82 Å². The van der Waals surface area contributed by atoms with Gasteiger partial charge in [-0.25, -0.2) is 4.98 Å². The zero-order chi connectivity index (χ0) is 10.3. The molecule has 0 amide bonds. The number of aromatic nitrogens is 1. The summed E-state index contributed by atoms with van der Waals surface area (Å²) in [5.41, 5.74) is 5.96. The molecule has 0 aromatic carbocycles. The molecule has 1 aliphatic rings. The molecule has 0 saturated carbocycles. The van der Waals surface area contributed by atoms with Crippen molar-refractivity contribution < 1.29 is 8.85 Å². The fourth-order valence-corrected chi connectivity index (χ4v) is 0.952. The van der Waals surface area contributed by atoms with Crippen LogP contribution in [-0.4, -0.2) is 18.2 Å². The Morgan fingerprint density at radius 2 is 2.55 bits per heavy atom. The summed E-state index contributed by atoms with van der Waals surface area (Å²) in [6.07, 6.45) is -0.166. The molecule has 11 heavy (non-hydrogen) atoms. The molecule has 0 aliphatic carbocycles. The van der Waals surface area contributed by atoms with Crippen LogP contribution in [-0.2, 0) is 4.74 Å². The molecule has 0 radical (unpaired) electrons. The fourth-order valence-electron chi connectivity index (χ4n) is 0.952. The van der Waals surface area contributed by atoms with E-state index in [0.29, 0.717) is 18.8 Å². The molecule has 1 saturated heterocycles. The lowest BCUT2D eigenvalue weighted by atomic mass is 9.99. The van der Waals surface area contributed by atoms with Crippen LogP contribution >= 0.6 is 0 Å². The summed E-state index contributed by atoms with van der Waals surface area (Å²) in [6, 6.07) is 0.0665. The largest absolute Gasteiger partial charge is 0.384 e. The maximum absolute atomic E-state index is 7.65. The lowest BCUT2D eigenvalue weighted by molar-refractivity contribution is 0.00842. The number of nitrogens with zero attached hydrogens (tertiary/aromatic N) is 1. The Morgan fingerprint density at radius 3 is 3.18 bits per heavy atom. The van der Waals surface area contributed by atoms with Gasteiger partial charge in [0.15, 0.2) is 0 Å². The van der Waals surface area contributed by atoms with Crippen molar-refractivity contribution in [3.8, 4) is 0 Å². The molecule has 1 aliphatic heterocycles. The first-order chi connectivity index (χ1) is 6.61. The highest BCUT2D eigenvalue weighted by atomic mass is 16.5. The summed E-state index contributed by atoms with van der Waals surface area (Å²) in [5, 5.41) is 0. The van der Waals surface area contributed by atoms with Gasteiger partial charge in [-0.2, -0.15) is 0 Å². The van der Waals surface area contributed by atoms with Crippen molar-refractivity contribution in [3.05, 3.63) is 23.8 Å². The molecule has 2 rings (SSSR count). The van der Waals surface area contributed by atoms with E-state index < -0.39 is 0 Å². The van der Waals surface area contributed by atoms with E-state index >= 15 is 0 Å². The number of rotatable bonds is 1. The van der Waals surface area contributed by atoms with Crippen molar-refractivity contribution in [1.29, 1.82) is 0 Å². The van der Waals surface area contributed by atoms with E-state index in [-0.39, 0.29) is 30.0 Å². The molecule has 0 unspecified atom stereocenters. The number of ether oxygens (including phenoxy) is 1. The SMILES string of the molecule is [2H]c1nc(N)c([2H])c(C2COC2)c1[2H]. The second-order valence-corrected chi connectivity index (χ2v) is 2.51. The van der Waals surface area contributed by atoms with Crippen molar-refractivity contribution in [3.63, 3.8) is 0 Å². The minimum Gasteiger partial charge on any atom is -0.384 e. The van der Waals surface area contributed by atoms with Gasteiger partial charge < -0.3 is 10.5 Å². The average Bonchev–Trinajstić information content (AvgIpc) is 2.06. The quantitative estimate of drug-likeness (QED) is 0.648. The van der Waals surface area contributed by atoms with Crippen LogP contribution in [0.1, 0.15) is 15.6 Å². The molecule has 1 aromatic rings. The van der Waals surface area contributed by atoms with Crippen LogP contribution in [0.5, 0.6) is 0 Å². The number of nitrogens with two attached hydrogens (primary N) is 1. The number of pyridine rings is 1. The Balaban J connectivity index is 2.54. The minimum absolute atomic E-state index is 0.00231. The maximum atomic E-state index is 7.65. The van der Waals surface area contributed by atoms with Gasteiger partial charge in [-0.3, -0.25) is 0 Å². The third-order valence-electron chi connectivity index (χ3n) is 1.68. The molecule has 2 N–H and O–H groups in total. The zero-order valence-corrected chi connectivity index (χ0v) is 5.92. The smallest absolute Gasteiger partial charge is 0.123 e. The molecule has 1 aromatic heterocycles. The molecule has 0 bridgehead atoms. The fraction of sp³-hybridized carbons (Fsp3) is 0.375. The predicted molar refractivity (Wildman–Crippen MR) is 42.2 cm³/mol. The summed E-state index contributed by atoms with van der Waals surface area (Å²) in [4.78, 5) is 3.60. The Hall–Kier alpha value is -1.09. The third-order valence-corrected chi connectivity index (χ3v) is 1.68. The minimum atomic E-state index is -0.166. The molecular weight excluding hydrogens is 140 g/mol. The molecular formula is C8H10N2O. The molecule has 3 heteroatoms. The van der Waals surface area contributed by atoms with Gasteiger partial charge >= 0.3 is 0 Å². The lowest BCUT2D eigenvalue weighted by Crippen LogP contribution is -2.25. The van der Waals surface area contributed by atoms with Gasteiger partial charge in [0.1, 0.15) is 5.82 Å².